The number of nitrogens with one attached hydrogen (secondary N) is 1. The van der Waals surface area contributed by atoms with Crippen LogP contribution in [0.4, 0.5) is 0 Å². The van der Waals surface area contributed by atoms with Gasteiger partial charge < -0.3 is 5.32 Å². The molecule has 2 rings (SSSR count). The maximum absolute atomic E-state index is 12.1. The van der Waals surface area contributed by atoms with E-state index >= 15 is 0 Å². The minimum absolute atomic E-state index is 0.0291. The highest BCUT2D eigenvalue weighted by molar-refractivity contribution is 5.78. The molecule has 0 radical (unpaired) electrons. The number of nitrogens with zero attached hydrogens (tertiary/aromatic N) is 3. The van der Waals surface area contributed by atoms with Crippen LogP contribution in [0.3, 0.4) is 0 Å². The minimum Gasteiger partial charge on any atom is -0.352 e. The van der Waals surface area contributed by atoms with E-state index in [1.165, 1.54) is 17.5 Å². The molecule has 5 nitrogen and oxygen atoms in total. The fraction of sp³-hybridized carbons (Fsp3) is 0.400. The lowest BCUT2D eigenvalue weighted by Gasteiger charge is -2.14. The van der Waals surface area contributed by atoms with Gasteiger partial charge in [0.25, 0.3) is 0 Å². The van der Waals surface area contributed by atoms with Crippen LogP contribution < -0.4 is 5.32 Å². The maximum atomic E-state index is 12.1. The summed E-state index contributed by atoms with van der Waals surface area (Å²) in [5.74, 6) is -0.108. The number of hydrogen-bond acceptors (Lipinski definition) is 3. The molecule has 0 bridgehead atoms. The van der Waals surface area contributed by atoms with E-state index < -0.39 is 0 Å². The lowest BCUT2D eigenvalue weighted by molar-refractivity contribution is -0.125. The molecule has 0 aliphatic carbocycles. The molecule has 0 saturated heterocycles. The van der Waals surface area contributed by atoms with E-state index in [-0.39, 0.29) is 11.8 Å². The summed E-state index contributed by atoms with van der Waals surface area (Å²) in [4.78, 5) is 15.9. The number of hydrogen-bond donors (Lipinski definition) is 1. The van der Waals surface area contributed by atoms with Crippen molar-refractivity contribution in [1.29, 1.82) is 0 Å². The summed E-state index contributed by atoms with van der Waals surface area (Å²) in [5, 5.41) is 6.99. The van der Waals surface area contributed by atoms with Crippen LogP contribution in [0, 0.1) is 19.8 Å². The number of aromatic nitrogens is 3. The van der Waals surface area contributed by atoms with Gasteiger partial charge in [-0.2, -0.15) is 5.10 Å². The van der Waals surface area contributed by atoms with Gasteiger partial charge in [-0.15, -0.1) is 0 Å². The van der Waals surface area contributed by atoms with Gasteiger partial charge in [0.15, 0.2) is 0 Å². The van der Waals surface area contributed by atoms with Gasteiger partial charge in [0.05, 0.1) is 12.5 Å². The van der Waals surface area contributed by atoms with Gasteiger partial charge in [0.1, 0.15) is 12.7 Å². The lowest BCUT2D eigenvalue weighted by atomic mass is 10.0. The molecule has 0 aliphatic heterocycles. The predicted octanol–water partition coefficient (Wildman–Crippen LogP) is 1.85. The highest BCUT2D eigenvalue weighted by atomic mass is 16.1. The van der Waals surface area contributed by atoms with Gasteiger partial charge in [0.2, 0.25) is 5.91 Å². The van der Waals surface area contributed by atoms with E-state index in [0.29, 0.717) is 13.1 Å². The number of carbonyl (C=O) groups excluding carboxylic acids is 1. The average molecular weight is 272 g/mol. The zero-order valence-electron chi connectivity index (χ0n) is 12.1. The molecule has 1 unspecified atom stereocenters. The van der Waals surface area contributed by atoms with E-state index in [9.17, 15) is 4.79 Å². The van der Waals surface area contributed by atoms with Crippen molar-refractivity contribution in [2.75, 3.05) is 0 Å². The standard InChI is InChI=1S/C15H20N4O/c1-11-5-4-6-14(13(11)3)7-17-15(20)12(2)8-19-10-16-9-18-19/h4-6,9-10,12H,7-8H2,1-3H3,(H,17,20). The third-order valence-electron chi connectivity index (χ3n) is 3.54. The Hall–Kier alpha value is -2.17. The van der Waals surface area contributed by atoms with Crippen LogP contribution in [0.25, 0.3) is 0 Å². The molecule has 0 spiro atoms. The first-order valence-corrected chi connectivity index (χ1v) is 6.73. The smallest absolute Gasteiger partial charge is 0.224 e. The van der Waals surface area contributed by atoms with Crippen molar-refractivity contribution in [2.24, 2.45) is 5.92 Å². The van der Waals surface area contributed by atoms with Gasteiger partial charge in [0, 0.05) is 6.54 Å². The van der Waals surface area contributed by atoms with Crippen LogP contribution in [-0.4, -0.2) is 20.7 Å². The SMILES string of the molecule is Cc1cccc(CNC(=O)C(C)Cn2cncn2)c1C. The fourth-order valence-electron chi connectivity index (χ4n) is 2.05. The van der Waals surface area contributed by atoms with E-state index in [2.05, 4.69) is 35.3 Å². The molecule has 1 amide bonds. The van der Waals surface area contributed by atoms with Gasteiger partial charge in [-0.3, -0.25) is 9.48 Å². The number of carbonyl (C=O) groups is 1. The second-order valence-corrected chi connectivity index (χ2v) is 5.10. The lowest BCUT2D eigenvalue weighted by Crippen LogP contribution is -2.31. The van der Waals surface area contributed by atoms with Crippen molar-refractivity contribution in [3.8, 4) is 0 Å². The minimum atomic E-state index is -0.137. The van der Waals surface area contributed by atoms with Crippen LogP contribution in [0.1, 0.15) is 23.6 Å². The van der Waals surface area contributed by atoms with Crippen molar-refractivity contribution in [3.05, 3.63) is 47.5 Å². The molecule has 106 valence electrons. The summed E-state index contributed by atoms with van der Waals surface area (Å²) in [7, 11) is 0. The van der Waals surface area contributed by atoms with Crippen molar-refractivity contribution in [2.45, 2.75) is 33.9 Å². The number of aryl methyl sites for hydroxylation is 1. The van der Waals surface area contributed by atoms with Crippen LogP contribution in [0.5, 0.6) is 0 Å². The zero-order valence-corrected chi connectivity index (χ0v) is 12.1. The van der Waals surface area contributed by atoms with Crippen molar-refractivity contribution in [1.82, 2.24) is 20.1 Å². The third-order valence-corrected chi connectivity index (χ3v) is 3.54. The molecule has 1 heterocycles. The highest BCUT2D eigenvalue weighted by Gasteiger charge is 2.14. The molecule has 0 fully saturated rings. The Bertz CT molecular complexity index is 578. The summed E-state index contributed by atoms with van der Waals surface area (Å²) in [6.45, 7) is 7.15. The van der Waals surface area contributed by atoms with Gasteiger partial charge in [-0.05, 0) is 30.5 Å². The molecule has 0 aliphatic rings. The number of amides is 1. The molecule has 1 N–H and O–H groups in total. The Labute approximate surface area is 119 Å². The molecule has 1 atom stereocenters. The van der Waals surface area contributed by atoms with Gasteiger partial charge >= 0.3 is 0 Å². The summed E-state index contributed by atoms with van der Waals surface area (Å²) >= 11 is 0. The van der Waals surface area contributed by atoms with E-state index in [1.807, 2.05) is 19.1 Å². The predicted molar refractivity (Wildman–Crippen MR) is 76.9 cm³/mol. The van der Waals surface area contributed by atoms with Crippen LogP contribution in [0.15, 0.2) is 30.9 Å². The molecular formula is C15H20N4O. The van der Waals surface area contributed by atoms with Gasteiger partial charge in [-0.1, -0.05) is 25.1 Å². The first kappa shape index (κ1) is 14.2. The quantitative estimate of drug-likeness (QED) is 0.903. The van der Waals surface area contributed by atoms with Crippen molar-refractivity contribution in [3.63, 3.8) is 0 Å². The molecule has 1 aromatic carbocycles. The van der Waals surface area contributed by atoms with Crippen LogP contribution in [0.2, 0.25) is 0 Å². The Morgan fingerprint density at radius 3 is 2.90 bits per heavy atom. The Balaban J connectivity index is 1.90. The summed E-state index contributed by atoms with van der Waals surface area (Å²) in [6, 6.07) is 6.14. The van der Waals surface area contributed by atoms with Crippen LogP contribution >= 0.6 is 0 Å². The maximum Gasteiger partial charge on any atom is 0.224 e. The first-order valence-electron chi connectivity index (χ1n) is 6.73. The summed E-state index contributed by atoms with van der Waals surface area (Å²) in [6.07, 6.45) is 3.09. The molecule has 2 aromatic rings. The number of benzene rings is 1. The monoisotopic (exact) mass is 272 g/mol. The molecule has 1 aromatic heterocycles. The zero-order chi connectivity index (χ0) is 14.5. The molecule has 0 saturated carbocycles. The largest absolute Gasteiger partial charge is 0.352 e. The molecule has 5 heteroatoms. The van der Waals surface area contributed by atoms with Crippen LogP contribution in [-0.2, 0) is 17.9 Å². The number of rotatable bonds is 5. The average Bonchev–Trinajstić information content (AvgIpc) is 2.93. The first-order chi connectivity index (χ1) is 9.58. The van der Waals surface area contributed by atoms with Crippen molar-refractivity contribution < 1.29 is 4.79 Å². The third kappa shape index (κ3) is 3.44. The Kier molecular flexibility index (Phi) is 4.50. The summed E-state index contributed by atoms with van der Waals surface area (Å²) in [5.41, 5.74) is 3.63. The van der Waals surface area contributed by atoms with E-state index in [4.69, 9.17) is 0 Å². The Morgan fingerprint density at radius 1 is 1.40 bits per heavy atom. The van der Waals surface area contributed by atoms with Crippen molar-refractivity contribution >= 4 is 5.91 Å². The molecular weight excluding hydrogens is 252 g/mol. The van der Waals surface area contributed by atoms with E-state index in [0.717, 1.165) is 5.56 Å². The summed E-state index contributed by atoms with van der Waals surface area (Å²) < 4.78 is 1.67. The van der Waals surface area contributed by atoms with Gasteiger partial charge in [-0.25, -0.2) is 4.98 Å². The Morgan fingerprint density at radius 2 is 2.20 bits per heavy atom. The fourth-order valence-corrected chi connectivity index (χ4v) is 2.05. The topological polar surface area (TPSA) is 59.8 Å². The highest BCUT2D eigenvalue weighted by Crippen LogP contribution is 2.12. The normalized spacial score (nSPS) is 12.2. The second kappa shape index (κ2) is 6.32. The van der Waals surface area contributed by atoms with E-state index in [1.54, 1.807) is 11.0 Å². The molecule has 20 heavy (non-hydrogen) atoms. The second-order valence-electron chi connectivity index (χ2n) is 5.10.